The molecule has 0 unspecified atom stereocenters. The van der Waals surface area contributed by atoms with Crippen molar-refractivity contribution in [2.75, 3.05) is 19.6 Å². The van der Waals surface area contributed by atoms with Gasteiger partial charge >= 0.3 is 18.3 Å². The molecule has 6 bridgehead atoms. The van der Waals surface area contributed by atoms with Crippen molar-refractivity contribution in [3.8, 4) is 17.6 Å². The second-order valence-corrected chi connectivity index (χ2v) is 37.8. The maximum Gasteiger partial charge on any atom is 0.408 e. The first kappa shape index (κ1) is 97.1. The summed E-state index contributed by atoms with van der Waals surface area (Å²) < 4.78 is 78.4. The van der Waals surface area contributed by atoms with E-state index in [1.165, 1.54) is 51.1 Å². The molecule has 3 saturated heterocycles. The van der Waals surface area contributed by atoms with Gasteiger partial charge in [-0.2, -0.15) is 0 Å². The van der Waals surface area contributed by atoms with E-state index in [2.05, 4.69) is 30.9 Å². The molecule has 6 aliphatic heterocycles. The van der Waals surface area contributed by atoms with Gasteiger partial charge in [0.25, 0.3) is 0 Å². The number of nitrogens with zero attached hydrogens (tertiary/aromatic N) is 9. The molecule has 6 fully saturated rings. The van der Waals surface area contributed by atoms with Gasteiger partial charge in [0, 0.05) is 79.8 Å². The van der Waals surface area contributed by atoms with Crippen LogP contribution in [0.5, 0.6) is 17.6 Å². The van der Waals surface area contributed by atoms with Crippen LogP contribution < -0.4 is 30.2 Å². The van der Waals surface area contributed by atoms with Crippen molar-refractivity contribution in [2.24, 2.45) is 51.8 Å². The molecule has 9 aliphatic rings. The van der Waals surface area contributed by atoms with Crippen molar-refractivity contribution >= 4 is 88.0 Å². The number of halogens is 3. The first-order chi connectivity index (χ1) is 57.0. The van der Waals surface area contributed by atoms with E-state index in [4.69, 9.17) is 43.4 Å². The molecule has 3 N–H and O–H groups in total. The monoisotopic (exact) mass is 1810 g/mol. The predicted octanol–water partition coefficient (Wildman–Crippen LogP) is 13.5. The van der Waals surface area contributed by atoms with Gasteiger partial charge in [0.15, 0.2) is 0 Å². The normalized spacial score (nSPS) is 29.9. The smallest absolute Gasteiger partial charge is 0.408 e. The number of aromatic nitrogens is 6. The largest absolute Gasteiger partial charge is 0.540 e. The average Bonchev–Trinajstić information content (AvgIpc) is 1.71. The third-order valence-electron chi connectivity index (χ3n) is 25.6. The molecule has 15 rings (SSSR count). The van der Waals surface area contributed by atoms with E-state index in [0.717, 1.165) is 109 Å². The fourth-order valence-corrected chi connectivity index (χ4v) is 18.0. The van der Waals surface area contributed by atoms with E-state index in [0.29, 0.717) is 93.0 Å². The number of amides is 6. The number of carbonyl (C=O) groups is 6. The van der Waals surface area contributed by atoms with Gasteiger partial charge in [0.1, 0.15) is 88.8 Å². The maximum absolute atomic E-state index is 14.0. The molecule has 0 spiro atoms. The molecule has 27 nitrogen and oxygen atoms in total. The fourth-order valence-electron chi connectivity index (χ4n) is 18.0. The standard InChI is InChI=1S/C31H40FN4O5.C30H38FN4O5.C29H36FN4O5.3V/c1-18-24(17-37)36-16-26(18)40-28-22(33-21-14-13-20(32)15-23(21)34-28)11-7-5-6-9-19-10-8-12-25(19)41-30(39)35-27(29(36)38)31(2,3)4;1-17-23(16-36)35-15-24(17)39-26-21(32-20-12-11-19(31)13-22(20)33-26)10-8-6-7-9-18-14-30(18,5)40-28(38)34-25(27(35)37)29(2,3)4;1-16-22(15-35)34-14-24(16)38-26-20(31-19-11-10-18(30)13-21(19)32-26)9-7-5-6-8-17-12-23(17)39-28(37)33-25(27(34)36)29(2,3)4;;;/h13-15,18-19,24-27H,5-12,16H2,1-4H3,(H,35,39);11-13,17-18,23-25H,6-10,14-15H2,1-5H3,(H,34,38);10-11,13,16-17,22-25H,5-9,12,14H2,1-4H3,(H,33,37);;;/q3*-1;;;/t18-,19+,24+,25+,26-,27+;17-,18+,23+,24-,25+,30+;16-,17+,22+,23+,24-,25+;;;/m000.../s1. The fraction of sp³-hybridized carbons (Fsp3) is 0.633. The van der Waals surface area contributed by atoms with Crippen LogP contribution in [0.25, 0.3) is 33.1 Å². The first-order valence-electron chi connectivity index (χ1n) is 42.9. The van der Waals surface area contributed by atoms with Gasteiger partial charge in [-0.05, 0) is 179 Å². The zero-order chi connectivity index (χ0) is 86.0. The molecule has 9 heterocycles. The predicted molar refractivity (Wildman–Crippen MR) is 437 cm³/mol. The molecule has 663 valence electrons. The van der Waals surface area contributed by atoms with Gasteiger partial charge in [-0.3, -0.25) is 14.4 Å². The Morgan fingerprint density at radius 1 is 0.398 bits per heavy atom. The molecule has 6 aromatic rings. The summed E-state index contributed by atoms with van der Waals surface area (Å²) in [7, 11) is 0. The summed E-state index contributed by atoms with van der Waals surface area (Å²) in [5.41, 5.74) is 2.40. The Labute approximate surface area is 753 Å². The third-order valence-corrected chi connectivity index (χ3v) is 25.6. The van der Waals surface area contributed by atoms with Crippen molar-refractivity contribution in [1.29, 1.82) is 0 Å². The summed E-state index contributed by atoms with van der Waals surface area (Å²) in [5, 5.41) is 8.39. The van der Waals surface area contributed by atoms with E-state index in [-0.39, 0.29) is 99.3 Å². The van der Waals surface area contributed by atoms with Crippen molar-refractivity contribution < 1.29 is 140 Å². The molecule has 3 saturated carbocycles. The molecule has 3 aliphatic carbocycles. The summed E-state index contributed by atoms with van der Waals surface area (Å²) >= 11 is 0. The third kappa shape index (κ3) is 23.0. The molecular weight excluding hydrogens is 1700 g/mol. The maximum atomic E-state index is 14.0. The van der Waals surface area contributed by atoms with E-state index < -0.39 is 148 Å². The molecule has 18 atom stereocenters. The minimum Gasteiger partial charge on any atom is -0.540 e. The Hall–Kier alpha value is -8.15. The van der Waals surface area contributed by atoms with Crippen LogP contribution in [0.15, 0.2) is 54.6 Å². The number of aryl methyl sites for hydroxylation is 3. The molecule has 3 radical (unpaired) electrons. The Balaban J connectivity index is 0.000000191. The molecular formula is C90H114F3N12O15V3-3. The van der Waals surface area contributed by atoms with Crippen LogP contribution >= 0.6 is 0 Å². The molecule has 123 heavy (non-hydrogen) atoms. The number of benzene rings is 3. The van der Waals surface area contributed by atoms with Crippen LogP contribution in [0.1, 0.15) is 216 Å². The van der Waals surface area contributed by atoms with Crippen molar-refractivity contribution in [1.82, 2.24) is 60.6 Å². The van der Waals surface area contributed by atoms with Crippen LogP contribution in [-0.4, -0.2) is 191 Å². The number of hydrogen-bond acceptors (Lipinski definition) is 21. The van der Waals surface area contributed by atoms with E-state index in [1.807, 2.05) is 109 Å². The topological polar surface area (TPSA) is 332 Å². The first-order valence-corrected chi connectivity index (χ1v) is 42.9. The van der Waals surface area contributed by atoms with E-state index in [1.54, 1.807) is 18.2 Å². The summed E-state index contributed by atoms with van der Waals surface area (Å²) in [5.74, 6) is -1.90. The number of carbonyl (C=O) groups excluding carboxylic acids is 9. The summed E-state index contributed by atoms with van der Waals surface area (Å²) in [4.78, 5) is 149. The summed E-state index contributed by atoms with van der Waals surface area (Å²) in [6.07, 6.45) is 19.7. The number of alkyl carbamates (subject to hydrolysis) is 3. The van der Waals surface area contributed by atoms with Gasteiger partial charge in [0.2, 0.25) is 35.4 Å². The number of rotatable bonds is 3. The van der Waals surface area contributed by atoms with Crippen LogP contribution in [0, 0.1) is 69.2 Å². The Bertz CT molecular complexity index is 4830. The van der Waals surface area contributed by atoms with Crippen LogP contribution in [0.3, 0.4) is 0 Å². The van der Waals surface area contributed by atoms with Crippen LogP contribution in [0.2, 0.25) is 0 Å². The van der Waals surface area contributed by atoms with E-state index >= 15 is 0 Å². The van der Waals surface area contributed by atoms with Gasteiger partial charge < -0.3 is 73.5 Å². The summed E-state index contributed by atoms with van der Waals surface area (Å²) in [6, 6.07) is 7.49. The summed E-state index contributed by atoms with van der Waals surface area (Å²) in [6.45, 7) is 24.4. The Morgan fingerprint density at radius 3 is 1.09 bits per heavy atom. The van der Waals surface area contributed by atoms with Gasteiger partial charge in [-0.1, -0.05) is 140 Å². The number of fused-ring (bicyclic) bond motifs is 15. The van der Waals surface area contributed by atoms with Crippen molar-refractivity contribution in [3.05, 3.63) is 89.1 Å². The van der Waals surface area contributed by atoms with Crippen LogP contribution in [0.4, 0.5) is 27.6 Å². The van der Waals surface area contributed by atoms with Crippen molar-refractivity contribution in [3.63, 3.8) is 0 Å². The van der Waals surface area contributed by atoms with Gasteiger partial charge in [0.05, 0.1) is 52.7 Å². The van der Waals surface area contributed by atoms with Gasteiger partial charge in [-0.25, -0.2) is 76.3 Å². The zero-order valence-electron chi connectivity index (χ0n) is 72.4. The average molecular weight is 1810 g/mol. The zero-order valence-corrected chi connectivity index (χ0v) is 76.6. The Kier molecular flexibility index (Phi) is 32.1. The number of hydrogen-bond donors (Lipinski definition) is 3. The quantitative estimate of drug-likeness (QED) is 0.109. The SMILES string of the molecule is C[C@@H]1[C@@H]2CN(C(=O)[C@H](C(C)(C)C)NC(=O)O[C@@H]3CCC[C@H]3CCCCCc3nc4ccc(F)cc4nc3O2)[C@@H]1[C-]=O.C[C@@H]1[C@@H]2CN(C(=O)[C@H](C(C)(C)C)NC(=O)O[C@@H]3C[C@H]3CCCCCc3nc4ccc(F)cc4nc3O2)[C@@H]1[C-]=O.C[C@@H]1[C@@H]2CN(C(=O)[C@H](C(C)(C)C)NC(=O)O[C@]3(C)C[C@H]3CCCCCc3nc4ccc(F)cc4nc3O2)[C@@H]1[C-]=O.[V].[V].[V]. The molecule has 3 aromatic carbocycles. The minimum absolute atomic E-state index is 0. The number of nitrogens with one attached hydrogen (secondary N) is 3. The second kappa shape index (κ2) is 40.7. The van der Waals surface area contributed by atoms with Crippen LogP contribution in [-0.2, 0) is 118 Å². The molecule has 33 heteroatoms. The van der Waals surface area contributed by atoms with Crippen molar-refractivity contribution in [2.45, 2.75) is 291 Å². The molecule has 6 amide bonds. The second-order valence-electron chi connectivity index (χ2n) is 37.8. The van der Waals surface area contributed by atoms with E-state index in [9.17, 15) is 56.3 Å². The Morgan fingerprint density at radius 2 is 0.732 bits per heavy atom. The van der Waals surface area contributed by atoms with Gasteiger partial charge in [-0.15, -0.1) is 0 Å². The number of ether oxygens (including phenoxy) is 6. The minimum atomic E-state index is -0.930. The molecule has 3 aromatic heterocycles.